The second-order valence-corrected chi connectivity index (χ2v) is 13.7. The lowest BCUT2D eigenvalue weighted by molar-refractivity contribution is -0.140. The molecular weight excluding hydrogens is 660 g/mol. The van der Waals surface area contributed by atoms with Crippen LogP contribution in [-0.4, -0.2) is 51.5 Å². The summed E-state index contributed by atoms with van der Waals surface area (Å²) < 4.78 is 5.44. The number of hydrogen-bond donors (Lipinski definition) is 1. The van der Waals surface area contributed by atoms with Crippen molar-refractivity contribution in [1.29, 1.82) is 0 Å². The van der Waals surface area contributed by atoms with Crippen LogP contribution >= 0.6 is 58.6 Å². The van der Waals surface area contributed by atoms with E-state index in [0.717, 1.165) is 29.1 Å². The lowest BCUT2D eigenvalue weighted by Gasteiger charge is -2.16. The van der Waals surface area contributed by atoms with Gasteiger partial charge in [0.05, 0.1) is 6.10 Å². The largest absolute Gasteiger partial charge is 0.457 e. The predicted molar refractivity (Wildman–Crippen MR) is 196 cm³/mol. The quantitative estimate of drug-likeness (QED) is 0.0571. The summed E-state index contributed by atoms with van der Waals surface area (Å²) in [5.74, 6) is 2.56. The normalized spacial score (nSPS) is 10.1. The third-order valence-corrected chi connectivity index (χ3v) is 10.1. The molecule has 45 heavy (non-hydrogen) atoms. The van der Waals surface area contributed by atoms with Gasteiger partial charge in [-0.1, -0.05) is 86.0 Å². The Morgan fingerprint density at radius 2 is 0.889 bits per heavy atom. The highest BCUT2D eigenvalue weighted by molar-refractivity contribution is 8.00. The van der Waals surface area contributed by atoms with Crippen LogP contribution in [0.2, 0.25) is 0 Å². The fraction of sp³-hybridized carbons (Fsp3) is 0.167. The van der Waals surface area contributed by atoms with Gasteiger partial charge in [0.25, 0.3) is 0 Å². The molecule has 4 rings (SSSR count). The van der Waals surface area contributed by atoms with Crippen LogP contribution in [-0.2, 0) is 14.3 Å². The number of esters is 1. The Bertz CT molecular complexity index is 1290. The summed E-state index contributed by atoms with van der Waals surface area (Å²) in [6, 6.07) is 40.6. The molecule has 0 unspecified atom stereocenters. The van der Waals surface area contributed by atoms with Crippen molar-refractivity contribution < 1.29 is 19.4 Å². The number of ether oxygens (including phenoxy) is 1. The first-order valence-electron chi connectivity index (χ1n) is 13.9. The SMILES string of the molecule is C=CC(=O)Cl.C=CC(=O)OC(CSc1ccccc1)CSc1ccccc1.OC(CSc1ccccc1)CSc1ccccc1. The van der Waals surface area contributed by atoms with Gasteiger partial charge in [0, 0.05) is 48.7 Å². The Morgan fingerprint density at radius 1 is 0.600 bits per heavy atom. The van der Waals surface area contributed by atoms with Gasteiger partial charge in [0.2, 0.25) is 5.24 Å². The number of aliphatic hydroxyl groups excluding tert-OH is 1. The van der Waals surface area contributed by atoms with Gasteiger partial charge in [-0.05, 0) is 66.2 Å². The van der Waals surface area contributed by atoms with Crippen molar-refractivity contribution in [3.63, 3.8) is 0 Å². The molecule has 0 saturated heterocycles. The molecule has 4 aromatic carbocycles. The summed E-state index contributed by atoms with van der Waals surface area (Å²) in [5.41, 5.74) is 0. The number of allylic oxidation sites excluding steroid dienone is 1. The minimum atomic E-state index is -0.509. The molecule has 0 saturated carbocycles. The van der Waals surface area contributed by atoms with Crippen molar-refractivity contribution in [3.8, 4) is 0 Å². The summed E-state index contributed by atoms with van der Waals surface area (Å²) in [6.07, 6.45) is 1.83. The number of aliphatic hydroxyl groups is 1. The number of rotatable bonds is 15. The van der Waals surface area contributed by atoms with Gasteiger partial charge < -0.3 is 9.84 Å². The van der Waals surface area contributed by atoms with Gasteiger partial charge in [-0.15, -0.1) is 47.0 Å². The fourth-order valence-corrected chi connectivity index (χ4v) is 7.04. The molecule has 0 amide bonds. The van der Waals surface area contributed by atoms with E-state index in [1.54, 1.807) is 47.0 Å². The number of carbonyl (C=O) groups excluding carboxylic acids is 2. The second kappa shape index (κ2) is 24.4. The molecule has 0 atom stereocenters. The van der Waals surface area contributed by atoms with Gasteiger partial charge in [0.15, 0.2) is 0 Å². The van der Waals surface area contributed by atoms with Crippen LogP contribution in [0.3, 0.4) is 0 Å². The minimum absolute atomic E-state index is 0.152. The van der Waals surface area contributed by atoms with Crippen molar-refractivity contribution >= 4 is 69.9 Å². The fourth-order valence-electron chi connectivity index (χ4n) is 3.21. The average Bonchev–Trinajstić information content (AvgIpc) is 3.09. The molecule has 0 heterocycles. The molecule has 0 bridgehead atoms. The highest BCUT2D eigenvalue weighted by Crippen LogP contribution is 2.25. The summed E-state index contributed by atoms with van der Waals surface area (Å²) in [4.78, 5) is 25.7. The van der Waals surface area contributed by atoms with E-state index >= 15 is 0 Å². The third kappa shape index (κ3) is 19.3. The number of thioether (sulfide) groups is 4. The van der Waals surface area contributed by atoms with E-state index in [-0.39, 0.29) is 18.2 Å². The second-order valence-electron chi connectivity index (χ2n) is 8.92. The van der Waals surface area contributed by atoms with Gasteiger partial charge in [-0.25, -0.2) is 4.79 Å². The van der Waals surface area contributed by atoms with Crippen LogP contribution in [0.5, 0.6) is 0 Å². The third-order valence-electron chi connectivity index (χ3n) is 5.34. The van der Waals surface area contributed by atoms with E-state index in [9.17, 15) is 14.7 Å². The Balaban J connectivity index is 0.000000277. The lowest BCUT2D eigenvalue weighted by Crippen LogP contribution is -2.22. The highest BCUT2D eigenvalue weighted by atomic mass is 35.5. The Hall–Kier alpha value is -2.85. The molecule has 0 aliphatic carbocycles. The Morgan fingerprint density at radius 3 is 1.16 bits per heavy atom. The minimum Gasteiger partial charge on any atom is -0.457 e. The molecule has 0 aliphatic heterocycles. The molecule has 0 radical (unpaired) electrons. The first-order chi connectivity index (χ1) is 21.9. The van der Waals surface area contributed by atoms with Crippen LogP contribution < -0.4 is 0 Å². The molecule has 236 valence electrons. The van der Waals surface area contributed by atoms with E-state index in [0.29, 0.717) is 0 Å². The van der Waals surface area contributed by atoms with Gasteiger partial charge in [-0.2, -0.15) is 0 Å². The van der Waals surface area contributed by atoms with E-state index in [4.69, 9.17) is 16.3 Å². The molecule has 0 fully saturated rings. The van der Waals surface area contributed by atoms with Gasteiger partial charge >= 0.3 is 5.97 Å². The first kappa shape index (κ1) is 38.3. The molecule has 0 spiro atoms. The summed E-state index contributed by atoms with van der Waals surface area (Å²) in [5, 5.41) is 9.42. The zero-order chi connectivity index (χ0) is 32.5. The lowest BCUT2D eigenvalue weighted by atomic mass is 10.4. The first-order valence-corrected chi connectivity index (χ1v) is 18.3. The van der Waals surface area contributed by atoms with Crippen molar-refractivity contribution in [1.82, 2.24) is 0 Å². The molecule has 4 aromatic rings. The van der Waals surface area contributed by atoms with Gasteiger partial charge in [-0.3, -0.25) is 4.79 Å². The molecule has 4 nitrogen and oxygen atoms in total. The van der Waals surface area contributed by atoms with E-state index in [1.807, 2.05) is 72.8 Å². The molecule has 9 heteroatoms. The zero-order valence-electron chi connectivity index (χ0n) is 24.8. The zero-order valence-corrected chi connectivity index (χ0v) is 28.8. The summed E-state index contributed by atoms with van der Waals surface area (Å²) in [6.45, 7) is 6.54. The van der Waals surface area contributed by atoms with Crippen molar-refractivity contribution in [2.24, 2.45) is 0 Å². The molecule has 0 aromatic heterocycles. The monoisotopic (exact) mass is 696 g/mol. The van der Waals surface area contributed by atoms with Crippen LogP contribution in [0.1, 0.15) is 0 Å². The van der Waals surface area contributed by atoms with Crippen molar-refractivity contribution in [2.45, 2.75) is 31.8 Å². The maximum atomic E-state index is 11.5. The average molecular weight is 697 g/mol. The van der Waals surface area contributed by atoms with Crippen LogP contribution in [0, 0.1) is 0 Å². The molecule has 0 aliphatic rings. The van der Waals surface area contributed by atoms with Gasteiger partial charge in [0.1, 0.15) is 6.10 Å². The van der Waals surface area contributed by atoms with Crippen LogP contribution in [0.25, 0.3) is 0 Å². The van der Waals surface area contributed by atoms with E-state index < -0.39 is 5.24 Å². The van der Waals surface area contributed by atoms with Crippen molar-refractivity contribution in [3.05, 3.63) is 147 Å². The summed E-state index contributed by atoms with van der Waals surface area (Å²) >= 11 is 11.5. The highest BCUT2D eigenvalue weighted by Gasteiger charge is 2.14. The molecular formula is C36H37ClO4S4. The van der Waals surface area contributed by atoms with E-state index in [2.05, 4.69) is 61.7 Å². The smallest absolute Gasteiger partial charge is 0.330 e. The maximum absolute atomic E-state index is 11.5. The van der Waals surface area contributed by atoms with E-state index in [1.165, 1.54) is 25.7 Å². The number of hydrogen-bond acceptors (Lipinski definition) is 8. The maximum Gasteiger partial charge on any atom is 0.330 e. The predicted octanol–water partition coefficient (Wildman–Crippen LogP) is 9.54. The van der Waals surface area contributed by atoms with Crippen molar-refractivity contribution in [2.75, 3.05) is 23.0 Å². The number of halogens is 1. The Kier molecular flexibility index (Phi) is 20.8. The summed E-state index contributed by atoms with van der Waals surface area (Å²) in [7, 11) is 0. The van der Waals surface area contributed by atoms with Crippen LogP contribution in [0.4, 0.5) is 0 Å². The number of benzene rings is 4. The molecule has 1 N–H and O–H groups in total. The number of carbonyl (C=O) groups is 2. The Labute approximate surface area is 289 Å². The standard InChI is InChI=1S/C18H18O2S2.C15H16OS2.C3H3ClO/c1-2-18(19)20-15(13-21-16-9-5-3-6-10-16)14-22-17-11-7-4-8-12-17;16-13(11-17-14-7-3-1-4-8-14)12-18-15-9-5-2-6-10-15;1-2-3(4)5/h2-12,15H,1,13-14H2;1-10,13,16H,11-12H2;2H,1H2. The van der Waals surface area contributed by atoms with Crippen LogP contribution in [0.15, 0.2) is 166 Å². The topological polar surface area (TPSA) is 63.6 Å².